The van der Waals surface area contributed by atoms with Gasteiger partial charge in [-0.3, -0.25) is 4.98 Å². The van der Waals surface area contributed by atoms with Gasteiger partial charge in [0.1, 0.15) is 18.1 Å². The fraction of sp³-hybridized carbons (Fsp3) is 0.154. The zero-order valence-electron chi connectivity index (χ0n) is 10.5. The van der Waals surface area contributed by atoms with E-state index >= 15 is 0 Å². The van der Waals surface area contributed by atoms with Crippen molar-refractivity contribution >= 4 is 12.6 Å². The highest BCUT2D eigenvalue weighted by atomic mass is 16.5. The monoisotopic (exact) mass is 259 g/mol. The average molecular weight is 259 g/mol. The van der Waals surface area contributed by atoms with Gasteiger partial charge in [-0.05, 0) is 30.3 Å². The molecule has 0 fully saturated rings. The Morgan fingerprint density at radius 1 is 1.05 bits per heavy atom. The predicted octanol–water partition coefficient (Wildman–Crippen LogP) is 0.349. The second-order valence-corrected chi connectivity index (χ2v) is 3.92. The molecule has 0 aliphatic heterocycles. The van der Waals surface area contributed by atoms with E-state index in [1.807, 2.05) is 24.3 Å². The summed E-state index contributed by atoms with van der Waals surface area (Å²) in [5.74, 6) is 1.49. The van der Waals surface area contributed by atoms with Gasteiger partial charge < -0.3 is 19.5 Å². The number of pyridine rings is 1. The molecule has 98 valence electrons. The summed E-state index contributed by atoms with van der Waals surface area (Å²) in [5, 5.41) is 17.9. The van der Waals surface area contributed by atoms with Crippen molar-refractivity contribution in [3.63, 3.8) is 0 Å². The Morgan fingerprint density at radius 3 is 2.26 bits per heavy atom. The van der Waals surface area contributed by atoms with Crippen molar-refractivity contribution in [2.75, 3.05) is 7.11 Å². The molecule has 1 heterocycles. The molecule has 19 heavy (non-hydrogen) atoms. The van der Waals surface area contributed by atoms with Crippen molar-refractivity contribution in [2.45, 2.75) is 6.61 Å². The summed E-state index contributed by atoms with van der Waals surface area (Å²) in [6.07, 6.45) is 1.41. The minimum atomic E-state index is -1.50. The molecule has 2 rings (SSSR count). The van der Waals surface area contributed by atoms with Crippen molar-refractivity contribution < 1.29 is 19.5 Å². The topological polar surface area (TPSA) is 71.8 Å². The maximum absolute atomic E-state index is 8.94. The highest BCUT2D eigenvalue weighted by molar-refractivity contribution is 6.58. The molecular formula is C13H14BNO4. The van der Waals surface area contributed by atoms with Gasteiger partial charge in [0.05, 0.1) is 12.8 Å². The molecule has 0 radical (unpaired) electrons. The largest absolute Gasteiger partial charge is 0.497 e. The summed E-state index contributed by atoms with van der Waals surface area (Å²) in [5.41, 5.74) is 1.06. The predicted molar refractivity (Wildman–Crippen MR) is 71.4 cm³/mol. The van der Waals surface area contributed by atoms with Crippen molar-refractivity contribution in [3.8, 4) is 11.5 Å². The quantitative estimate of drug-likeness (QED) is 0.758. The molecule has 0 spiro atoms. The van der Waals surface area contributed by atoms with E-state index in [0.717, 1.165) is 5.75 Å². The number of aromatic nitrogens is 1. The van der Waals surface area contributed by atoms with Crippen LogP contribution in [0.15, 0.2) is 42.6 Å². The van der Waals surface area contributed by atoms with Gasteiger partial charge in [0.15, 0.2) is 0 Å². The lowest BCUT2D eigenvalue weighted by Crippen LogP contribution is -2.30. The maximum atomic E-state index is 8.94. The minimum absolute atomic E-state index is 0.314. The Kier molecular flexibility index (Phi) is 4.38. The van der Waals surface area contributed by atoms with Crippen LogP contribution < -0.4 is 14.9 Å². The van der Waals surface area contributed by atoms with Crippen LogP contribution in [0.1, 0.15) is 5.69 Å². The van der Waals surface area contributed by atoms with E-state index in [-0.39, 0.29) is 0 Å². The van der Waals surface area contributed by atoms with E-state index in [4.69, 9.17) is 19.5 Å². The number of benzene rings is 1. The summed E-state index contributed by atoms with van der Waals surface area (Å²) in [4.78, 5) is 4.08. The van der Waals surface area contributed by atoms with Gasteiger partial charge in [-0.25, -0.2) is 0 Å². The van der Waals surface area contributed by atoms with E-state index in [2.05, 4.69) is 4.98 Å². The van der Waals surface area contributed by atoms with Crippen LogP contribution in [0, 0.1) is 0 Å². The Balaban J connectivity index is 1.94. The van der Waals surface area contributed by atoms with Gasteiger partial charge in [0, 0.05) is 11.7 Å². The molecule has 0 bridgehead atoms. The average Bonchev–Trinajstić information content (AvgIpc) is 2.46. The minimum Gasteiger partial charge on any atom is -0.497 e. The van der Waals surface area contributed by atoms with E-state index < -0.39 is 7.12 Å². The lowest BCUT2D eigenvalue weighted by atomic mass is 9.82. The van der Waals surface area contributed by atoms with Gasteiger partial charge in [0.25, 0.3) is 0 Å². The summed E-state index contributed by atoms with van der Waals surface area (Å²) in [6.45, 7) is 0.314. The molecule has 0 aliphatic carbocycles. The number of hydrogen-bond donors (Lipinski definition) is 2. The van der Waals surface area contributed by atoms with Crippen molar-refractivity contribution in [1.29, 1.82) is 0 Å². The molecule has 6 heteroatoms. The Bertz CT molecular complexity index is 513. The summed E-state index contributed by atoms with van der Waals surface area (Å²) in [7, 11) is 0.112. The molecule has 0 aliphatic rings. The smallest absolute Gasteiger partial charge is 0.490 e. The summed E-state index contributed by atoms with van der Waals surface area (Å²) < 4.78 is 10.6. The van der Waals surface area contributed by atoms with Crippen LogP contribution in [0.2, 0.25) is 0 Å². The molecule has 2 aromatic rings. The van der Waals surface area contributed by atoms with Gasteiger partial charge in [-0.1, -0.05) is 6.07 Å². The van der Waals surface area contributed by atoms with Crippen LogP contribution in [-0.2, 0) is 6.61 Å². The number of hydrogen-bond acceptors (Lipinski definition) is 5. The molecule has 0 atom stereocenters. The van der Waals surface area contributed by atoms with Crippen molar-refractivity contribution in [3.05, 3.63) is 48.3 Å². The molecule has 5 nitrogen and oxygen atoms in total. The maximum Gasteiger partial charge on any atom is 0.490 e. The Hall–Kier alpha value is -2.05. The molecule has 1 aromatic carbocycles. The van der Waals surface area contributed by atoms with E-state index in [0.29, 0.717) is 23.5 Å². The third kappa shape index (κ3) is 3.71. The van der Waals surface area contributed by atoms with E-state index in [1.54, 1.807) is 19.2 Å². The fourth-order valence-electron chi connectivity index (χ4n) is 1.50. The van der Waals surface area contributed by atoms with Crippen LogP contribution >= 0.6 is 0 Å². The number of methoxy groups -OCH3 is 1. The number of rotatable bonds is 5. The summed E-state index contributed by atoms with van der Waals surface area (Å²) >= 11 is 0. The molecule has 2 N–H and O–H groups in total. The van der Waals surface area contributed by atoms with Crippen LogP contribution in [-0.4, -0.2) is 29.3 Å². The summed E-state index contributed by atoms with van der Waals surface area (Å²) in [6, 6.07) is 10.5. The highest BCUT2D eigenvalue weighted by Gasteiger charge is 2.10. The standard InChI is InChI=1S/C13H14BNO4/c1-18-12-4-6-13(7-5-12)19-9-11-3-2-10(8-15-11)14(16)17/h2-8,16-17H,9H2,1H3. The number of nitrogens with zero attached hydrogens (tertiary/aromatic N) is 1. The SMILES string of the molecule is COc1ccc(OCc2ccc(B(O)O)cn2)cc1. The van der Waals surface area contributed by atoms with E-state index in [1.165, 1.54) is 6.20 Å². The van der Waals surface area contributed by atoms with Gasteiger partial charge in [0.2, 0.25) is 0 Å². The van der Waals surface area contributed by atoms with Crippen LogP contribution in [0.3, 0.4) is 0 Å². The molecule has 0 saturated carbocycles. The normalized spacial score (nSPS) is 10.1. The fourth-order valence-corrected chi connectivity index (χ4v) is 1.50. The van der Waals surface area contributed by atoms with Gasteiger partial charge in [-0.15, -0.1) is 0 Å². The lowest BCUT2D eigenvalue weighted by molar-refractivity contribution is 0.300. The first-order valence-electron chi connectivity index (χ1n) is 5.77. The molecule has 0 saturated heterocycles. The zero-order chi connectivity index (χ0) is 13.7. The molecule has 0 amide bonds. The second kappa shape index (κ2) is 6.22. The lowest BCUT2D eigenvalue weighted by Gasteiger charge is -2.07. The molecular weight excluding hydrogens is 245 g/mol. The van der Waals surface area contributed by atoms with E-state index in [9.17, 15) is 0 Å². The highest BCUT2D eigenvalue weighted by Crippen LogP contribution is 2.17. The van der Waals surface area contributed by atoms with Crippen LogP contribution in [0.5, 0.6) is 11.5 Å². The Morgan fingerprint density at radius 2 is 1.74 bits per heavy atom. The van der Waals surface area contributed by atoms with Crippen LogP contribution in [0.25, 0.3) is 0 Å². The second-order valence-electron chi connectivity index (χ2n) is 3.92. The first-order chi connectivity index (χ1) is 9.19. The van der Waals surface area contributed by atoms with Crippen LogP contribution in [0.4, 0.5) is 0 Å². The van der Waals surface area contributed by atoms with Crippen molar-refractivity contribution in [2.24, 2.45) is 0 Å². The zero-order valence-corrected chi connectivity index (χ0v) is 10.5. The molecule has 1 aromatic heterocycles. The third-order valence-electron chi connectivity index (χ3n) is 2.59. The third-order valence-corrected chi connectivity index (χ3v) is 2.59. The van der Waals surface area contributed by atoms with Gasteiger partial charge in [-0.2, -0.15) is 0 Å². The number of ether oxygens (including phenoxy) is 2. The first kappa shape index (κ1) is 13.4. The van der Waals surface area contributed by atoms with Gasteiger partial charge >= 0.3 is 7.12 Å². The molecule has 0 unspecified atom stereocenters. The van der Waals surface area contributed by atoms with Crippen molar-refractivity contribution in [1.82, 2.24) is 4.98 Å². The Labute approximate surface area is 111 Å². The first-order valence-corrected chi connectivity index (χ1v) is 5.77.